The van der Waals surface area contributed by atoms with E-state index in [1.807, 2.05) is 0 Å². The third-order valence-electron chi connectivity index (χ3n) is 2.19. The van der Waals surface area contributed by atoms with Crippen molar-refractivity contribution in [3.05, 3.63) is 11.6 Å². The van der Waals surface area contributed by atoms with Gasteiger partial charge in [0.15, 0.2) is 0 Å². The first-order valence-electron chi connectivity index (χ1n) is 5.14. The SMILES string of the molecule is Cc1nc(C(=O)N[C@H](C(=O)O)C(C)(C)C)n[nH]1. The number of H-pyrrole nitrogens is 1. The van der Waals surface area contributed by atoms with E-state index in [2.05, 4.69) is 20.5 Å². The van der Waals surface area contributed by atoms with Crippen LogP contribution in [-0.2, 0) is 4.79 Å². The predicted octanol–water partition coefficient (Wildman–Crippen LogP) is 0.342. The van der Waals surface area contributed by atoms with Crippen LogP contribution in [0.3, 0.4) is 0 Å². The van der Waals surface area contributed by atoms with Gasteiger partial charge in [0, 0.05) is 0 Å². The van der Waals surface area contributed by atoms with Crippen LogP contribution in [0.15, 0.2) is 0 Å². The minimum Gasteiger partial charge on any atom is -0.480 e. The average Bonchev–Trinajstić information content (AvgIpc) is 2.58. The number of aromatic amines is 1. The molecule has 1 amide bonds. The van der Waals surface area contributed by atoms with Crippen molar-refractivity contribution in [3.8, 4) is 0 Å². The topological polar surface area (TPSA) is 108 Å². The Morgan fingerprint density at radius 3 is 2.35 bits per heavy atom. The standard InChI is InChI=1S/C10H16N4O3/c1-5-11-7(14-13-5)8(15)12-6(9(16)17)10(2,3)4/h6H,1-4H3,(H,12,15)(H,16,17)(H,11,13,14)/t6-/m1/s1. The van der Waals surface area contributed by atoms with E-state index in [4.69, 9.17) is 5.11 Å². The summed E-state index contributed by atoms with van der Waals surface area (Å²) in [5.74, 6) is -1.24. The molecule has 1 atom stereocenters. The smallest absolute Gasteiger partial charge is 0.326 e. The normalized spacial score (nSPS) is 13.2. The summed E-state index contributed by atoms with van der Waals surface area (Å²) < 4.78 is 0. The lowest BCUT2D eigenvalue weighted by molar-refractivity contribution is -0.142. The van der Waals surface area contributed by atoms with E-state index in [1.54, 1.807) is 27.7 Å². The zero-order chi connectivity index (χ0) is 13.2. The summed E-state index contributed by atoms with van der Waals surface area (Å²) in [5, 5.41) is 17.6. The fourth-order valence-corrected chi connectivity index (χ4v) is 1.29. The molecule has 94 valence electrons. The second-order valence-electron chi connectivity index (χ2n) is 4.86. The van der Waals surface area contributed by atoms with Crippen molar-refractivity contribution in [3.63, 3.8) is 0 Å². The van der Waals surface area contributed by atoms with Gasteiger partial charge in [-0.15, -0.1) is 5.10 Å². The van der Waals surface area contributed by atoms with E-state index in [0.29, 0.717) is 5.82 Å². The van der Waals surface area contributed by atoms with Crippen LogP contribution in [0.4, 0.5) is 0 Å². The molecule has 0 fully saturated rings. The summed E-state index contributed by atoms with van der Waals surface area (Å²) >= 11 is 0. The van der Waals surface area contributed by atoms with E-state index in [9.17, 15) is 9.59 Å². The number of carbonyl (C=O) groups is 2. The van der Waals surface area contributed by atoms with Gasteiger partial charge in [-0.25, -0.2) is 9.78 Å². The molecule has 17 heavy (non-hydrogen) atoms. The minimum atomic E-state index is -1.09. The molecule has 0 aromatic carbocycles. The van der Waals surface area contributed by atoms with Gasteiger partial charge in [-0.3, -0.25) is 9.89 Å². The third-order valence-corrected chi connectivity index (χ3v) is 2.19. The van der Waals surface area contributed by atoms with Crippen molar-refractivity contribution >= 4 is 11.9 Å². The first kappa shape index (κ1) is 13.1. The fourth-order valence-electron chi connectivity index (χ4n) is 1.29. The van der Waals surface area contributed by atoms with Crippen LogP contribution in [-0.4, -0.2) is 38.2 Å². The van der Waals surface area contributed by atoms with Crippen LogP contribution in [0, 0.1) is 12.3 Å². The Bertz CT molecular complexity index is 433. The van der Waals surface area contributed by atoms with Crippen LogP contribution >= 0.6 is 0 Å². The molecule has 0 radical (unpaired) electrons. The molecule has 0 spiro atoms. The number of carboxylic acids is 1. The van der Waals surface area contributed by atoms with Crippen LogP contribution in [0.1, 0.15) is 37.2 Å². The first-order valence-corrected chi connectivity index (χ1v) is 5.14. The van der Waals surface area contributed by atoms with Crippen LogP contribution in [0.2, 0.25) is 0 Å². The predicted molar refractivity (Wildman–Crippen MR) is 59.5 cm³/mol. The van der Waals surface area contributed by atoms with Crippen molar-refractivity contribution < 1.29 is 14.7 Å². The molecule has 0 aliphatic rings. The van der Waals surface area contributed by atoms with E-state index in [1.165, 1.54) is 0 Å². The summed E-state index contributed by atoms with van der Waals surface area (Å²) in [5.41, 5.74) is -0.590. The van der Waals surface area contributed by atoms with E-state index in [-0.39, 0.29) is 5.82 Å². The van der Waals surface area contributed by atoms with Gasteiger partial charge in [-0.1, -0.05) is 20.8 Å². The second kappa shape index (κ2) is 4.52. The van der Waals surface area contributed by atoms with Crippen molar-refractivity contribution in [2.45, 2.75) is 33.7 Å². The molecule has 0 saturated heterocycles. The Kier molecular flexibility index (Phi) is 3.50. The van der Waals surface area contributed by atoms with Crippen LogP contribution in [0.5, 0.6) is 0 Å². The average molecular weight is 240 g/mol. The lowest BCUT2D eigenvalue weighted by Gasteiger charge is -2.27. The zero-order valence-electron chi connectivity index (χ0n) is 10.2. The highest BCUT2D eigenvalue weighted by molar-refractivity contribution is 5.93. The highest BCUT2D eigenvalue weighted by atomic mass is 16.4. The summed E-state index contributed by atoms with van der Waals surface area (Å²) in [6, 6.07) is -0.992. The number of aliphatic carboxylic acids is 1. The van der Waals surface area contributed by atoms with Crippen LogP contribution < -0.4 is 5.32 Å². The number of aryl methyl sites for hydroxylation is 1. The molecule has 3 N–H and O–H groups in total. The first-order chi connectivity index (χ1) is 7.71. The third kappa shape index (κ3) is 3.27. The minimum absolute atomic E-state index is 0.0574. The van der Waals surface area contributed by atoms with Gasteiger partial charge < -0.3 is 10.4 Å². The van der Waals surface area contributed by atoms with Crippen molar-refractivity contribution in [1.29, 1.82) is 0 Å². The second-order valence-corrected chi connectivity index (χ2v) is 4.86. The van der Waals surface area contributed by atoms with Gasteiger partial charge in [0.25, 0.3) is 5.91 Å². The quantitative estimate of drug-likeness (QED) is 0.706. The van der Waals surface area contributed by atoms with E-state index < -0.39 is 23.3 Å². The Balaban J connectivity index is 2.82. The summed E-state index contributed by atoms with van der Waals surface area (Å²) in [7, 11) is 0. The molecule has 1 rings (SSSR count). The maximum atomic E-state index is 11.7. The molecular formula is C10H16N4O3. The molecule has 0 aliphatic heterocycles. The Hall–Kier alpha value is -1.92. The maximum Gasteiger partial charge on any atom is 0.326 e. The largest absolute Gasteiger partial charge is 0.480 e. The van der Waals surface area contributed by atoms with Gasteiger partial charge >= 0.3 is 5.97 Å². The maximum absolute atomic E-state index is 11.7. The van der Waals surface area contributed by atoms with Gasteiger partial charge in [-0.2, -0.15) is 0 Å². The Morgan fingerprint density at radius 1 is 1.41 bits per heavy atom. The zero-order valence-corrected chi connectivity index (χ0v) is 10.2. The highest BCUT2D eigenvalue weighted by Crippen LogP contribution is 2.19. The van der Waals surface area contributed by atoms with Crippen molar-refractivity contribution in [1.82, 2.24) is 20.5 Å². The summed E-state index contributed by atoms with van der Waals surface area (Å²) in [6.45, 7) is 6.85. The molecule has 0 bridgehead atoms. The lowest BCUT2D eigenvalue weighted by atomic mass is 9.87. The molecule has 0 unspecified atom stereocenters. The number of carbonyl (C=O) groups excluding carboxylic acids is 1. The van der Waals surface area contributed by atoms with Gasteiger partial charge in [0.1, 0.15) is 11.9 Å². The molecule has 0 saturated carbocycles. The monoisotopic (exact) mass is 240 g/mol. The van der Waals surface area contributed by atoms with E-state index >= 15 is 0 Å². The van der Waals surface area contributed by atoms with Crippen molar-refractivity contribution in [2.75, 3.05) is 0 Å². The molecule has 1 aromatic rings. The number of hydrogen-bond donors (Lipinski definition) is 3. The Morgan fingerprint density at radius 2 is 2.00 bits per heavy atom. The molecule has 1 heterocycles. The number of nitrogens with one attached hydrogen (secondary N) is 2. The molecule has 1 aromatic heterocycles. The van der Waals surface area contributed by atoms with E-state index in [0.717, 1.165) is 0 Å². The number of aromatic nitrogens is 3. The number of rotatable bonds is 3. The van der Waals surface area contributed by atoms with Gasteiger partial charge in [0.2, 0.25) is 5.82 Å². The fraction of sp³-hybridized carbons (Fsp3) is 0.600. The van der Waals surface area contributed by atoms with Gasteiger partial charge in [-0.05, 0) is 12.3 Å². The lowest BCUT2D eigenvalue weighted by Crippen LogP contribution is -2.49. The van der Waals surface area contributed by atoms with Crippen LogP contribution in [0.25, 0.3) is 0 Å². The number of hydrogen-bond acceptors (Lipinski definition) is 4. The number of carboxylic acid groups (broad SMARTS) is 1. The Labute approximate surface area is 98.6 Å². The molecular weight excluding hydrogens is 224 g/mol. The number of nitrogens with zero attached hydrogens (tertiary/aromatic N) is 2. The molecule has 7 nitrogen and oxygen atoms in total. The summed E-state index contributed by atoms with van der Waals surface area (Å²) in [6.07, 6.45) is 0. The molecule has 0 aliphatic carbocycles. The summed E-state index contributed by atoms with van der Waals surface area (Å²) in [4.78, 5) is 26.6. The number of amides is 1. The highest BCUT2D eigenvalue weighted by Gasteiger charge is 2.33. The van der Waals surface area contributed by atoms with Gasteiger partial charge in [0.05, 0.1) is 0 Å². The van der Waals surface area contributed by atoms with Crippen molar-refractivity contribution in [2.24, 2.45) is 5.41 Å². The molecule has 7 heteroatoms.